The maximum atomic E-state index is 11.3. The molecule has 1 aliphatic heterocycles. The van der Waals surface area contributed by atoms with Crippen molar-refractivity contribution in [1.29, 1.82) is 0 Å². The van der Waals surface area contributed by atoms with E-state index in [-0.39, 0.29) is 11.9 Å². The smallest absolute Gasteiger partial charge is 0.407 e. The molecule has 7 heteroatoms. The van der Waals surface area contributed by atoms with E-state index in [9.17, 15) is 9.59 Å². The Bertz CT molecular complexity index is 762. The molecule has 2 aromatic rings. The number of carboxylic acid groups (broad SMARTS) is 1. The van der Waals surface area contributed by atoms with E-state index in [1.54, 1.807) is 6.20 Å². The van der Waals surface area contributed by atoms with Gasteiger partial charge in [0.2, 0.25) is 5.91 Å². The largest absolute Gasteiger partial charge is 0.465 e. The molecule has 0 aliphatic carbocycles. The number of fused-ring (bicyclic) bond motifs is 1. The second kappa shape index (κ2) is 6.12. The summed E-state index contributed by atoms with van der Waals surface area (Å²) in [6, 6.07) is 7.53. The Morgan fingerprint density at radius 2 is 2.09 bits per heavy atom. The number of hydrogen-bond donors (Lipinski definition) is 3. The van der Waals surface area contributed by atoms with Gasteiger partial charge in [0.15, 0.2) is 0 Å². The van der Waals surface area contributed by atoms with Crippen molar-refractivity contribution in [3.8, 4) is 0 Å². The van der Waals surface area contributed by atoms with Crippen molar-refractivity contribution < 1.29 is 14.7 Å². The molecule has 0 bridgehead atoms. The number of pyridine rings is 1. The Kier molecular flexibility index (Phi) is 4.01. The highest BCUT2D eigenvalue weighted by molar-refractivity contribution is 6.04. The van der Waals surface area contributed by atoms with Gasteiger partial charge in [0.1, 0.15) is 0 Å². The quantitative estimate of drug-likeness (QED) is 0.808. The molecule has 120 valence electrons. The number of nitrogens with one attached hydrogen (secondary N) is 2. The van der Waals surface area contributed by atoms with Gasteiger partial charge in [-0.25, -0.2) is 4.79 Å². The zero-order valence-electron chi connectivity index (χ0n) is 12.7. The van der Waals surface area contributed by atoms with Crippen molar-refractivity contribution in [1.82, 2.24) is 9.88 Å². The lowest BCUT2D eigenvalue weighted by Gasteiger charge is -2.17. The van der Waals surface area contributed by atoms with Crippen molar-refractivity contribution in [2.24, 2.45) is 0 Å². The first-order chi connectivity index (χ1) is 11.0. The molecule has 3 rings (SSSR count). The molecule has 0 saturated carbocycles. The van der Waals surface area contributed by atoms with Gasteiger partial charge in [0, 0.05) is 43.3 Å². The number of benzene rings is 1. The predicted molar refractivity (Wildman–Crippen MR) is 87.7 cm³/mol. The molecule has 0 spiro atoms. The molecule has 1 saturated heterocycles. The standard InChI is InChI=1S/C16H18N4O3/c1-10(21)18-14-5-4-13(12-3-2-7-17-15(12)14)19-11-6-8-20(9-11)16(22)23/h2-5,7,11,19H,6,8-9H2,1H3,(H,18,21)(H,22,23)/t11-/m0/s1. The molecule has 0 radical (unpaired) electrons. The fraction of sp³-hybridized carbons (Fsp3) is 0.312. The van der Waals surface area contributed by atoms with Crippen molar-refractivity contribution in [2.45, 2.75) is 19.4 Å². The lowest BCUT2D eigenvalue weighted by atomic mass is 10.1. The van der Waals surface area contributed by atoms with Gasteiger partial charge < -0.3 is 20.6 Å². The molecule has 1 aromatic carbocycles. The van der Waals surface area contributed by atoms with E-state index in [1.807, 2.05) is 24.3 Å². The highest BCUT2D eigenvalue weighted by Gasteiger charge is 2.26. The van der Waals surface area contributed by atoms with E-state index < -0.39 is 6.09 Å². The van der Waals surface area contributed by atoms with Crippen LogP contribution in [0.1, 0.15) is 13.3 Å². The van der Waals surface area contributed by atoms with Gasteiger partial charge in [-0.1, -0.05) is 0 Å². The van der Waals surface area contributed by atoms with Crippen molar-refractivity contribution in [2.75, 3.05) is 23.7 Å². The van der Waals surface area contributed by atoms with E-state index in [2.05, 4.69) is 15.6 Å². The van der Waals surface area contributed by atoms with Gasteiger partial charge >= 0.3 is 6.09 Å². The van der Waals surface area contributed by atoms with Crippen LogP contribution in [0.5, 0.6) is 0 Å². The van der Waals surface area contributed by atoms with Crippen LogP contribution >= 0.6 is 0 Å². The number of likely N-dealkylation sites (tertiary alicyclic amines) is 1. The summed E-state index contributed by atoms with van der Waals surface area (Å²) >= 11 is 0. The Balaban J connectivity index is 1.87. The van der Waals surface area contributed by atoms with Crippen molar-refractivity contribution >= 4 is 34.3 Å². The number of anilines is 2. The van der Waals surface area contributed by atoms with Crippen LogP contribution in [0.3, 0.4) is 0 Å². The van der Waals surface area contributed by atoms with Gasteiger partial charge in [-0.15, -0.1) is 0 Å². The minimum atomic E-state index is -0.887. The topological polar surface area (TPSA) is 94.6 Å². The third-order valence-corrected chi connectivity index (χ3v) is 3.90. The van der Waals surface area contributed by atoms with Crippen LogP contribution in [0.4, 0.5) is 16.2 Å². The first kappa shape index (κ1) is 15.1. The van der Waals surface area contributed by atoms with Gasteiger partial charge in [-0.2, -0.15) is 0 Å². The van der Waals surface area contributed by atoms with E-state index in [0.29, 0.717) is 24.3 Å². The van der Waals surface area contributed by atoms with Crippen LogP contribution < -0.4 is 10.6 Å². The SMILES string of the molecule is CC(=O)Nc1ccc(N[C@H]2CCN(C(=O)O)C2)c2cccnc12. The average molecular weight is 314 g/mol. The maximum Gasteiger partial charge on any atom is 0.407 e. The Hall–Kier alpha value is -2.83. The highest BCUT2D eigenvalue weighted by atomic mass is 16.4. The third-order valence-electron chi connectivity index (χ3n) is 3.90. The summed E-state index contributed by atoms with van der Waals surface area (Å²) in [5, 5.41) is 16.1. The summed E-state index contributed by atoms with van der Waals surface area (Å²) in [6.07, 6.45) is 1.56. The summed E-state index contributed by atoms with van der Waals surface area (Å²) in [5.41, 5.74) is 2.26. The normalized spacial score (nSPS) is 17.3. The highest BCUT2D eigenvalue weighted by Crippen LogP contribution is 2.29. The monoisotopic (exact) mass is 314 g/mol. The molecule has 1 aliphatic rings. The molecule has 7 nitrogen and oxygen atoms in total. The summed E-state index contributed by atoms with van der Waals surface area (Å²) in [7, 11) is 0. The third kappa shape index (κ3) is 3.18. The van der Waals surface area contributed by atoms with Crippen molar-refractivity contribution in [3.05, 3.63) is 30.5 Å². The summed E-state index contributed by atoms with van der Waals surface area (Å²) in [4.78, 5) is 28.1. The molecule has 1 fully saturated rings. The van der Waals surface area contributed by atoms with Gasteiger partial charge in [-0.3, -0.25) is 9.78 Å². The summed E-state index contributed by atoms with van der Waals surface area (Å²) in [6.45, 7) is 2.46. The van der Waals surface area contributed by atoms with Crippen LogP contribution in [0, 0.1) is 0 Å². The van der Waals surface area contributed by atoms with Crippen LogP contribution in [0.2, 0.25) is 0 Å². The van der Waals surface area contributed by atoms with E-state index in [0.717, 1.165) is 17.5 Å². The van der Waals surface area contributed by atoms with Gasteiger partial charge in [0.05, 0.1) is 11.2 Å². The minimum Gasteiger partial charge on any atom is -0.465 e. The predicted octanol–water partition coefficient (Wildman–Crippen LogP) is 2.36. The Morgan fingerprint density at radius 1 is 1.30 bits per heavy atom. The number of nitrogens with zero attached hydrogens (tertiary/aromatic N) is 2. The Morgan fingerprint density at radius 3 is 2.78 bits per heavy atom. The number of rotatable bonds is 3. The number of carbonyl (C=O) groups is 2. The second-order valence-electron chi connectivity index (χ2n) is 5.60. The number of carbonyl (C=O) groups excluding carboxylic acids is 1. The molecule has 2 heterocycles. The number of hydrogen-bond acceptors (Lipinski definition) is 4. The van der Waals surface area contributed by atoms with Crippen LogP contribution in [-0.2, 0) is 4.79 Å². The van der Waals surface area contributed by atoms with Crippen LogP contribution in [-0.4, -0.2) is 46.1 Å². The molecule has 2 amide bonds. The number of amides is 2. The Labute approximate surface area is 133 Å². The molecule has 0 unspecified atom stereocenters. The lowest BCUT2D eigenvalue weighted by molar-refractivity contribution is -0.114. The molecule has 23 heavy (non-hydrogen) atoms. The molecule has 1 aromatic heterocycles. The zero-order valence-corrected chi connectivity index (χ0v) is 12.7. The molecule has 1 atom stereocenters. The fourth-order valence-electron chi connectivity index (χ4n) is 2.86. The first-order valence-electron chi connectivity index (χ1n) is 7.44. The minimum absolute atomic E-state index is 0.0705. The van der Waals surface area contributed by atoms with Crippen molar-refractivity contribution in [3.63, 3.8) is 0 Å². The van der Waals surface area contributed by atoms with Crippen LogP contribution in [0.25, 0.3) is 10.9 Å². The van der Waals surface area contributed by atoms with Gasteiger partial charge in [0.25, 0.3) is 0 Å². The second-order valence-corrected chi connectivity index (χ2v) is 5.60. The number of aromatic nitrogens is 1. The summed E-state index contributed by atoms with van der Waals surface area (Å²) < 4.78 is 0. The van der Waals surface area contributed by atoms with E-state index in [1.165, 1.54) is 11.8 Å². The van der Waals surface area contributed by atoms with E-state index in [4.69, 9.17) is 5.11 Å². The first-order valence-corrected chi connectivity index (χ1v) is 7.44. The zero-order chi connectivity index (χ0) is 16.4. The fourth-order valence-corrected chi connectivity index (χ4v) is 2.86. The maximum absolute atomic E-state index is 11.3. The summed E-state index contributed by atoms with van der Waals surface area (Å²) in [5.74, 6) is -0.148. The molecular formula is C16H18N4O3. The lowest BCUT2D eigenvalue weighted by Crippen LogP contribution is -2.30. The van der Waals surface area contributed by atoms with Gasteiger partial charge in [-0.05, 0) is 30.7 Å². The van der Waals surface area contributed by atoms with Crippen LogP contribution in [0.15, 0.2) is 30.5 Å². The van der Waals surface area contributed by atoms with E-state index >= 15 is 0 Å². The molecule has 3 N–H and O–H groups in total. The molecular weight excluding hydrogens is 296 g/mol. The average Bonchev–Trinajstić information content (AvgIpc) is 2.98.